The van der Waals surface area contributed by atoms with E-state index in [2.05, 4.69) is 47.4 Å². The van der Waals surface area contributed by atoms with Crippen LogP contribution in [0.25, 0.3) is 11.0 Å². The van der Waals surface area contributed by atoms with Gasteiger partial charge < -0.3 is 14.4 Å². The molecule has 1 aliphatic carbocycles. The van der Waals surface area contributed by atoms with Crippen LogP contribution in [0.15, 0.2) is 24.5 Å². The molecule has 1 aliphatic rings. The lowest BCUT2D eigenvalue weighted by molar-refractivity contribution is 0.0898. The summed E-state index contributed by atoms with van der Waals surface area (Å²) in [5.74, 6) is 0. The summed E-state index contributed by atoms with van der Waals surface area (Å²) in [4.78, 5) is 4.58. The van der Waals surface area contributed by atoms with Crippen molar-refractivity contribution < 1.29 is 9.84 Å². The van der Waals surface area contributed by atoms with Crippen molar-refractivity contribution in [2.75, 3.05) is 13.2 Å². The number of ether oxygens (including phenoxy) is 1. The maximum Gasteiger partial charge on any atom is 0.124 e. The molecule has 1 heterocycles. The summed E-state index contributed by atoms with van der Waals surface area (Å²) >= 11 is 0. The second kappa shape index (κ2) is 5.79. The molecule has 0 atom stereocenters. The van der Waals surface area contributed by atoms with Crippen LogP contribution in [0.1, 0.15) is 18.4 Å². The molecular formula is C17H26N2O2Si. The molecule has 0 radical (unpaired) electrons. The standard InChI is InChI=1S/C17H26N2O2Si/c1-22(2,3)10-9-21-13-19-12-18-16-14(5-4-6-15(16)19)17(11-20)7-8-17/h4-6,12,20H,7-11,13H2,1-3H3. The van der Waals surface area contributed by atoms with Gasteiger partial charge in [-0.15, -0.1) is 0 Å². The van der Waals surface area contributed by atoms with Crippen LogP contribution < -0.4 is 0 Å². The molecule has 0 amide bonds. The molecule has 3 rings (SSSR count). The number of aliphatic hydroxyl groups is 1. The molecule has 120 valence electrons. The van der Waals surface area contributed by atoms with Gasteiger partial charge in [0.25, 0.3) is 0 Å². The van der Waals surface area contributed by atoms with Crippen LogP contribution in [0.3, 0.4) is 0 Å². The van der Waals surface area contributed by atoms with Crippen molar-refractivity contribution in [1.29, 1.82) is 0 Å². The average Bonchev–Trinajstić information content (AvgIpc) is 3.17. The fourth-order valence-electron chi connectivity index (χ4n) is 2.82. The van der Waals surface area contributed by atoms with E-state index in [9.17, 15) is 5.11 Å². The van der Waals surface area contributed by atoms with Gasteiger partial charge in [-0.2, -0.15) is 0 Å². The molecule has 1 saturated carbocycles. The number of para-hydroxylation sites is 1. The summed E-state index contributed by atoms with van der Waals surface area (Å²) in [6.07, 6.45) is 3.97. The van der Waals surface area contributed by atoms with Crippen LogP contribution in [-0.4, -0.2) is 35.9 Å². The number of hydrogen-bond acceptors (Lipinski definition) is 3. The molecule has 22 heavy (non-hydrogen) atoms. The molecule has 5 heteroatoms. The zero-order chi connectivity index (χ0) is 15.8. The van der Waals surface area contributed by atoms with Gasteiger partial charge in [-0.05, 0) is 30.5 Å². The third-order valence-electron chi connectivity index (χ3n) is 4.60. The van der Waals surface area contributed by atoms with Gasteiger partial charge >= 0.3 is 0 Å². The van der Waals surface area contributed by atoms with Gasteiger partial charge in [-0.1, -0.05) is 31.8 Å². The summed E-state index contributed by atoms with van der Waals surface area (Å²) in [5.41, 5.74) is 3.26. The van der Waals surface area contributed by atoms with E-state index >= 15 is 0 Å². The summed E-state index contributed by atoms with van der Waals surface area (Å²) < 4.78 is 7.90. The number of hydrogen-bond donors (Lipinski definition) is 1. The summed E-state index contributed by atoms with van der Waals surface area (Å²) in [6.45, 7) is 8.66. The Balaban J connectivity index is 1.74. The molecule has 1 N–H and O–H groups in total. The molecule has 1 fully saturated rings. The zero-order valence-corrected chi connectivity index (χ0v) is 14.8. The van der Waals surface area contributed by atoms with E-state index in [1.807, 2.05) is 6.33 Å². The van der Waals surface area contributed by atoms with Crippen molar-refractivity contribution in [1.82, 2.24) is 9.55 Å². The summed E-state index contributed by atoms with van der Waals surface area (Å²) in [7, 11) is -1.04. The van der Waals surface area contributed by atoms with Crippen molar-refractivity contribution in [3.8, 4) is 0 Å². The molecule has 1 aromatic carbocycles. The first-order valence-electron chi connectivity index (χ1n) is 8.08. The highest BCUT2D eigenvalue weighted by Crippen LogP contribution is 2.49. The molecule has 0 aliphatic heterocycles. The Morgan fingerprint density at radius 3 is 2.73 bits per heavy atom. The van der Waals surface area contributed by atoms with E-state index in [1.54, 1.807) is 0 Å². The highest BCUT2D eigenvalue weighted by atomic mass is 28.3. The third kappa shape index (κ3) is 3.11. The van der Waals surface area contributed by atoms with Gasteiger partial charge in [0.15, 0.2) is 0 Å². The van der Waals surface area contributed by atoms with E-state index in [1.165, 1.54) is 11.6 Å². The topological polar surface area (TPSA) is 47.3 Å². The fraction of sp³-hybridized carbons (Fsp3) is 0.588. The molecule has 4 nitrogen and oxygen atoms in total. The van der Waals surface area contributed by atoms with Gasteiger partial charge in [0.1, 0.15) is 6.73 Å². The minimum Gasteiger partial charge on any atom is -0.395 e. The predicted molar refractivity (Wildman–Crippen MR) is 91.8 cm³/mol. The Labute approximate surface area is 133 Å². The third-order valence-corrected chi connectivity index (χ3v) is 6.31. The number of aliphatic hydroxyl groups excluding tert-OH is 1. The Bertz CT molecular complexity index is 656. The maximum atomic E-state index is 9.67. The first-order chi connectivity index (χ1) is 10.5. The van der Waals surface area contributed by atoms with E-state index in [-0.39, 0.29) is 12.0 Å². The van der Waals surface area contributed by atoms with E-state index in [4.69, 9.17) is 4.74 Å². The molecule has 0 unspecified atom stereocenters. The van der Waals surface area contributed by atoms with Crippen LogP contribution >= 0.6 is 0 Å². The molecular weight excluding hydrogens is 292 g/mol. The van der Waals surface area contributed by atoms with Crippen LogP contribution in [0.4, 0.5) is 0 Å². The average molecular weight is 318 g/mol. The minimum atomic E-state index is -1.04. The number of nitrogens with zero attached hydrogens (tertiary/aromatic N) is 2. The van der Waals surface area contributed by atoms with E-state index < -0.39 is 8.07 Å². The Morgan fingerprint density at radius 2 is 2.09 bits per heavy atom. The molecule has 0 bridgehead atoms. The van der Waals surface area contributed by atoms with Crippen LogP contribution in [0, 0.1) is 0 Å². The van der Waals surface area contributed by atoms with Crippen LogP contribution in [0.5, 0.6) is 0 Å². The second-order valence-corrected chi connectivity index (χ2v) is 13.3. The van der Waals surface area contributed by atoms with Crippen molar-refractivity contribution >= 4 is 19.1 Å². The first kappa shape index (κ1) is 15.7. The van der Waals surface area contributed by atoms with Gasteiger partial charge in [0, 0.05) is 20.1 Å². The number of fused-ring (bicyclic) bond motifs is 1. The molecule has 1 aromatic heterocycles. The Hall–Kier alpha value is -1.17. The normalized spacial score (nSPS) is 17.1. The lowest BCUT2D eigenvalue weighted by Gasteiger charge is -2.16. The predicted octanol–water partition coefficient (Wildman–Crippen LogP) is 3.37. The SMILES string of the molecule is C[Si](C)(C)CCOCn1cnc2c(C3(CO)CC3)cccc21. The largest absolute Gasteiger partial charge is 0.395 e. The lowest BCUT2D eigenvalue weighted by atomic mass is 9.95. The van der Waals surface area contributed by atoms with Crippen molar-refractivity contribution in [3.05, 3.63) is 30.1 Å². The number of imidazole rings is 1. The fourth-order valence-corrected chi connectivity index (χ4v) is 3.58. The monoisotopic (exact) mass is 318 g/mol. The van der Waals surface area contributed by atoms with E-state index in [0.717, 1.165) is 30.5 Å². The quantitative estimate of drug-likeness (QED) is 0.629. The van der Waals surface area contributed by atoms with Gasteiger partial charge in [0.05, 0.1) is 24.0 Å². The highest BCUT2D eigenvalue weighted by Gasteiger charge is 2.45. The zero-order valence-electron chi connectivity index (χ0n) is 13.8. The Kier molecular flexibility index (Phi) is 4.14. The number of rotatable bonds is 7. The molecule has 0 spiro atoms. The van der Waals surface area contributed by atoms with Crippen LogP contribution in [0.2, 0.25) is 25.7 Å². The second-order valence-electron chi connectivity index (χ2n) is 7.67. The van der Waals surface area contributed by atoms with Crippen molar-refractivity contribution in [2.24, 2.45) is 0 Å². The Morgan fingerprint density at radius 1 is 1.32 bits per heavy atom. The van der Waals surface area contributed by atoms with E-state index in [0.29, 0.717) is 6.73 Å². The minimum absolute atomic E-state index is 0.0443. The molecule has 2 aromatic rings. The maximum absolute atomic E-state index is 9.67. The summed E-state index contributed by atoms with van der Waals surface area (Å²) in [5, 5.41) is 9.67. The number of benzene rings is 1. The number of aromatic nitrogens is 2. The van der Waals surface area contributed by atoms with Gasteiger partial charge in [-0.3, -0.25) is 0 Å². The first-order valence-corrected chi connectivity index (χ1v) is 11.8. The van der Waals surface area contributed by atoms with Gasteiger partial charge in [-0.25, -0.2) is 4.98 Å². The summed E-state index contributed by atoms with van der Waals surface area (Å²) in [6, 6.07) is 7.43. The van der Waals surface area contributed by atoms with Crippen LogP contribution in [-0.2, 0) is 16.9 Å². The highest BCUT2D eigenvalue weighted by molar-refractivity contribution is 6.76. The molecule has 0 saturated heterocycles. The van der Waals surface area contributed by atoms with Gasteiger partial charge in [0.2, 0.25) is 0 Å². The van der Waals surface area contributed by atoms with Crippen molar-refractivity contribution in [3.63, 3.8) is 0 Å². The lowest BCUT2D eigenvalue weighted by Crippen LogP contribution is -2.21. The van der Waals surface area contributed by atoms with Crippen molar-refractivity contribution in [2.45, 2.75) is 50.7 Å². The smallest absolute Gasteiger partial charge is 0.124 e.